The van der Waals surface area contributed by atoms with Crippen LogP contribution in [0.15, 0.2) is 5.16 Å². The summed E-state index contributed by atoms with van der Waals surface area (Å²) in [5, 5.41) is 3.52. The zero-order valence-electron chi connectivity index (χ0n) is 9.72. The summed E-state index contributed by atoms with van der Waals surface area (Å²) >= 11 is 11.2. The van der Waals surface area contributed by atoms with Crippen molar-refractivity contribution in [2.75, 3.05) is 38.6 Å². The molecule has 1 atom stereocenters. The lowest BCUT2D eigenvalue weighted by atomic mass is 10.5. The van der Waals surface area contributed by atoms with E-state index in [-0.39, 0.29) is 6.61 Å². The molecule has 2 N–H and O–H groups in total. The molecule has 0 aromatic heterocycles. The molecule has 6 nitrogen and oxygen atoms in total. The molecule has 9 heteroatoms. The van der Waals surface area contributed by atoms with Gasteiger partial charge in [-0.3, -0.25) is 4.57 Å². The number of hydrogen-bond acceptors (Lipinski definition) is 4. The monoisotopic (exact) mass is 305 g/mol. The van der Waals surface area contributed by atoms with Crippen molar-refractivity contribution in [3.8, 4) is 0 Å². The molecule has 17 heavy (non-hydrogen) atoms. The van der Waals surface area contributed by atoms with Crippen LogP contribution in [0.2, 0.25) is 0 Å². The third-order valence-electron chi connectivity index (χ3n) is 1.78. The van der Waals surface area contributed by atoms with Crippen LogP contribution < -0.4 is 5.50 Å². The van der Waals surface area contributed by atoms with Gasteiger partial charge in [0, 0.05) is 37.5 Å². The van der Waals surface area contributed by atoms with Gasteiger partial charge in [0.1, 0.15) is 7.11 Å². The van der Waals surface area contributed by atoms with E-state index in [0.717, 1.165) is 0 Å². The van der Waals surface area contributed by atoms with Gasteiger partial charge in [0.2, 0.25) is 0 Å². The maximum atomic E-state index is 12.0. The van der Waals surface area contributed by atoms with Gasteiger partial charge in [0.05, 0.1) is 6.61 Å². The standard InChI is InChI=1S/C8H18Cl2N3O3P/c1-15-12-5-2-8-16-17(11,14)13(6-3-9)7-4-10/h5H,2-4,6-8H2,1H3,(H2,11,14)/b12-5-. The minimum Gasteiger partial charge on any atom is -0.399 e. The van der Waals surface area contributed by atoms with Crippen LogP contribution in [0.3, 0.4) is 0 Å². The SMILES string of the molecule is CO/N=C\CCOP(N)(=O)N(CCCl)CCCl. The Hall–Kier alpha value is 0.160. The minimum atomic E-state index is -3.32. The van der Waals surface area contributed by atoms with Crippen molar-refractivity contribution < 1.29 is 13.9 Å². The third kappa shape index (κ3) is 7.97. The fraction of sp³-hybridized carbons (Fsp3) is 0.875. The van der Waals surface area contributed by atoms with Gasteiger partial charge in [-0.25, -0.2) is 10.2 Å². The van der Waals surface area contributed by atoms with Crippen molar-refractivity contribution in [1.29, 1.82) is 0 Å². The van der Waals surface area contributed by atoms with E-state index in [0.29, 0.717) is 31.3 Å². The van der Waals surface area contributed by atoms with Crippen LogP contribution in [0.4, 0.5) is 0 Å². The zero-order chi connectivity index (χ0) is 13.1. The Balaban J connectivity index is 4.12. The van der Waals surface area contributed by atoms with Crippen LogP contribution >= 0.6 is 30.9 Å². The molecule has 1 unspecified atom stereocenters. The normalized spacial score (nSPS) is 15.4. The molecule has 0 saturated heterocycles. The van der Waals surface area contributed by atoms with Gasteiger partial charge in [-0.15, -0.1) is 23.2 Å². The van der Waals surface area contributed by atoms with E-state index < -0.39 is 7.67 Å². The number of nitrogens with two attached hydrogens (primary N) is 1. The van der Waals surface area contributed by atoms with Crippen LogP contribution in [-0.4, -0.2) is 49.5 Å². The minimum absolute atomic E-state index is 0.196. The van der Waals surface area contributed by atoms with Crippen molar-refractivity contribution >= 4 is 37.1 Å². The first-order valence-electron chi connectivity index (χ1n) is 5.04. The van der Waals surface area contributed by atoms with E-state index in [1.165, 1.54) is 18.0 Å². The summed E-state index contributed by atoms with van der Waals surface area (Å²) in [6.07, 6.45) is 1.97. The molecule has 0 aliphatic heterocycles. The molecule has 0 aromatic carbocycles. The summed E-state index contributed by atoms with van der Waals surface area (Å²) in [5.74, 6) is 0.624. The molecule has 0 saturated carbocycles. The second-order valence-corrected chi connectivity index (χ2v) is 5.70. The molecule has 0 amide bonds. The zero-order valence-corrected chi connectivity index (χ0v) is 12.1. The van der Waals surface area contributed by atoms with Gasteiger partial charge in [0.25, 0.3) is 0 Å². The second kappa shape index (κ2) is 10.1. The predicted octanol–water partition coefficient (Wildman–Crippen LogP) is 1.87. The third-order valence-corrected chi connectivity index (χ3v) is 3.86. The summed E-state index contributed by atoms with van der Waals surface area (Å²) in [5.41, 5.74) is 5.61. The summed E-state index contributed by atoms with van der Waals surface area (Å²) in [6.45, 7) is 0.935. The maximum absolute atomic E-state index is 12.0. The topological polar surface area (TPSA) is 77.1 Å². The molecule has 0 aromatic rings. The van der Waals surface area contributed by atoms with E-state index >= 15 is 0 Å². The lowest BCUT2D eigenvalue weighted by Gasteiger charge is -2.26. The Kier molecular flexibility index (Phi) is 10.2. The number of halogens is 2. The Bertz CT molecular complexity index is 262. The van der Waals surface area contributed by atoms with Crippen molar-refractivity contribution in [2.45, 2.75) is 6.42 Å². The molecule has 0 fully saturated rings. The summed E-state index contributed by atoms with van der Waals surface area (Å²) in [7, 11) is -1.88. The fourth-order valence-electron chi connectivity index (χ4n) is 1.03. The maximum Gasteiger partial charge on any atom is 0.340 e. The lowest BCUT2D eigenvalue weighted by molar-refractivity contribution is 0.213. The molecule has 0 heterocycles. The van der Waals surface area contributed by atoms with Gasteiger partial charge in [0.15, 0.2) is 0 Å². The van der Waals surface area contributed by atoms with Gasteiger partial charge in [-0.05, 0) is 0 Å². The largest absolute Gasteiger partial charge is 0.399 e. The molecule has 102 valence electrons. The molecule has 0 spiro atoms. The van der Waals surface area contributed by atoms with Crippen molar-refractivity contribution in [2.24, 2.45) is 10.7 Å². The lowest BCUT2D eigenvalue weighted by Crippen LogP contribution is -2.29. The highest BCUT2D eigenvalue weighted by atomic mass is 35.5. The fourth-order valence-corrected chi connectivity index (χ4v) is 2.96. The van der Waals surface area contributed by atoms with E-state index in [1.54, 1.807) is 0 Å². The summed E-state index contributed by atoms with van der Waals surface area (Å²) < 4.78 is 18.6. The Labute approximate surface area is 112 Å². The van der Waals surface area contributed by atoms with Crippen LogP contribution in [0.1, 0.15) is 6.42 Å². The average Bonchev–Trinajstić information content (AvgIpc) is 2.28. The molecule has 0 aliphatic carbocycles. The highest BCUT2D eigenvalue weighted by Gasteiger charge is 2.25. The van der Waals surface area contributed by atoms with Gasteiger partial charge in [-0.1, -0.05) is 5.16 Å². The van der Waals surface area contributed by atoms with Crippen molar-refractivity contribution in [1.82, 2.24) is 4.67 Å². The smallest absolute Gasteiger partial charge is 0.340 e. The van der Waals surface area contributed by atoms with Crippen molar-refractivity contribution in [3.63, 3.8) is 0 Å². The molecule has 0 bridgehead atoms. The quantitative estimate of drug-likeness (QED) is 0.219. The average molecular weight is 306 g/mol. The van der Waals surface area contributed by atoms with Gasteiger partial charge >= 0.3 is 7.67 Å². The number of hydrogen-bond donors (Lipinski definition) is 1. The van der Waals surface area contributed by atoms with Crippen LogP contribution in [0.25, 0.3) is 0 Å². The van der Waals surface area contributed by atoms with E-state index in [4.69, 9.17) is 33.2 Å². The number of nitrogens with zero attached hydrogens (tertiary/aromatic N) is 2. The molecular formula is C8H18Cl2N3O3P. The van der Waals surface area contributed by atoms with Crippen LogP contribution in [0, 0.1) is 0 Å². The highest BCUT2D eigenvalue weighted by molar-refractivity contribution is 7.53. The van der Waals surface area contributed by atoms with Crippen LogP contribution in [-0.2, 0) is 13.9 Å². The van der Waals surface area contributed by atoms with E-state index in [2.05, 4.69) is 9.99 Å². The molecule has 0 radical (unpaired) electrons. The molecule has 0 aliphatic rings. The highest BCUT2D eigenvalue weighted by Crippen LogP contribution is 2.42. The van der Waals surface area contributed by atoms with Crippen LogP contribution in [0.5, 0.6) is 0 Å². The molecular weight excluding hydrogens is 288 g/mol. The van der Waals surface area contributed by atoms with Gasteiger partial charge < -0.3 is 9.36 Å². The van der Waals surface area contributed by atoms with Gasteiger partial charge in [-0.2, -0.15) is 0 Å². The first-order chi connectivity index (χ1) is 8.08. The molecule has 0 rings (SSSR count). The number of oxime groups is 1. The van der Waals surface area contributed by atoms with Crippen molar-refractivity contribution in [3.05, 3.63) is 0 Å². The van der Waals surface area contributed by atoms with E-state index in [1.807, 2.05) is 0 Å². The Morgan fingerprint density at radius 3 is 2.47 bits per heavy atom. The first kappa shape index (κ1) is 17.2. The summed E-state index contributed by atoms with van der Waals surface area (Å²) in [6, 6.07) is 0. The number of rotatable bonds is 10. The Morgan fingerprint density at radius 1 is 1.41 bits per heavy atom. The number of alkyl halides is 2. The first-order valence-corrected chi connectivity index (χ1v) is 7.75. The Morgan fingerprint density at radius 2 is 2.00 bits per heavy atom. The second-order valence-electron chi connectivity index (χ2n) is 2.99. The predicted molar refractivity (Wildman–Crippen MR) is 70.9 cm³/mol. The summed E-state index contributed by atoms with van der Waals surface area (Å²) in [4.78, 5) is 4.47. The van der Waals surface area contributed by atoms with E-state index in [9.17, 15) is 4.57 Å².